The number of hydrogen-bond donors (Lipinski definition) is 1. The molecule has 0 aliphatic rings. The van der Waals surface area contributed by atoms with E-state index >= 15 is 0 Å². The highest BCUT2D eigenvalue weighted by Gasteiger charge is 2.09. The van der Waals surface area contributed by atoms with Gasteiger partial charge >= 0.3 is 0 Å². The van der Waals surface area contributed by atoms with Gasteiger partial charge in [0.15, 0.2) is 0 Å². The Morgan fingerprint density at radius 3 is 2.75 bits per heavy atom. The van der Waals surface area contributed by atoms with Crippen molar-refractivity contribution in [3.63, 3.8) is 0 Å². The quantitative estimate of drug-likeness (QED) is 0.768. The summed E-state index contributed by atoms with van der Waals surface area (Å²) in [5, 5.41) is 4.44. The zero-order chi connectivity index (χ0) is 12.0. The van der Waals surface area contributed by atoms with E-state index in [1.807, 2.05) is 31.1 Å². The van der Waals surface area contributed by atoms with E-state index in [4.69, 9.17) is 0 Å². The third kappa shape index (κ3) is 4.14. The van der Waals surface area contributed by atoms with Crippen molar-refractivity contribution < 1.29 is 0 Å². The van der Waals surface area contributed by atoms with Crippen molar-refractivity contribution >= 4 is 11.8 Å². The molecule has 0 aliphatic carbocycles. The van der Waals surface area contributed by atoms with E-state index in [1.54, 1.807) is 0 Å². The average molecular weight is 238 g/mol. The van der Waals surface area contributed by atoms with E-state index in [1.165, 1.54) is 17.0 Å². The first-order valence-electron chi connectivity index (χ1n) is 5.90. The minimum absolute atomic E-state index is 0.371. The minimum atomic E-state index is 0.371. The molecule has 0 saturated carbocycles. The highest BCUT2D eigenvalue weighted by molar-refractivity contribution is 7.99. The summed E-state index contributed by atoms with van der Waals surface area (Å²) in [7, 11) is 1.99. The Bertz CT molecular complexity index is 313. The summed E-state index contributed by atoms with van der Waals surface area (Å²) in [4.78, 5) is 4.47. The first kappa shape index (κ1) is 13.5. The number of hydrogen-bond acceptors (Lipinski definition) is 3. The van der Waals surface area contributed by atoms with Gasteiger partial charge in [0.25, 0.3) is 0 Å². The largest absolute Gasteiger partial charge is 0.313 e. The van der Waals surface area contributed by atoms with E-state index in [2.05, 4.69) is 37.1 Å². The molecule has 1 aromatic rings. The second kappa shape index (κ2) is 6.92. The Hall–Kier alpha value is -0.540. The molecule has 0 radical (unpaired) electrons. The molecular weight excluding hydrogens is 216 g/mol. The van der Waals surface area contributed by atoms with Crippen molar-refractivity contribution in [1.82, 2.24) is 10.3 Å². The predicted octanol–water partition coefficient (Wildman–Crippen LogP) is 3.50. The highest BCUT2D eigenvalue weighted by atomic mass is 32.2. The van der Waals surface area contributed by atoms with Gasteiger partial charge in [-0.1, -0.05) is 19.9 Å². The number of aromatic nitrogens is 1. The lowest BCUT2D eigenvalue weighted by Gasteiger charge is -2.14. The first-order valence-corrected chi connectivity index (χ1v) is 6.88. The molecule has 1 rings (SSSR count). The highest BCUT2D eigenvalue weighted by Crippen LogP contribution is 2.26. The van der Waals surface area contributed by atoms with Crippen LogP contribution in [-0.4, -0.2) is 17.8 Å². The Morgan fingerprint density at radius 1 is 1.38 bits per heavy atom. The smallest absolute Gasteiger partial charge is 0.101 e. The van der Waals surface area contributed by atoms with E-state index in [9.17, 15) is 0 Å². The van der Waals surface area contributed by atoms with Gasteiger partial charge in [0.05, 0.1) is 0 Å². The van der Waals surface area contributed by atoms with Gasteiger partial charge in [-0.3, -0.25) is 0 Å². The summed E-state index contributed by atoms with van der Waals surface area (Å²) < 4.78 is 0. The maximum absolute atomic E-state index is 4.47. The standard InChI is InChI=1S/C13H22N2S/c1-10(2)7-9-16-13-12(11(3)14-4)6-5-8-15-13/h5-6,8,10-11,14H,7,9H2,1-4H3. The van der Waals surface area contributed by atoms with Crippen LogP contribution >= 0.6 is 11.8 Å². The van der Waals surface area contributed by atoms with Crippen LogP contribution in [0.3, 0.4) is 0 Å². The molecule has 0 bridgehead atoms. The number of nitrogens with one attached hydrogen (secondary N) is 1. The summed E-state index contributed by atoms with van der Waals surface area (Å²) in [5.41, 5.74) is 1.30. The zero-order valence-electron chi connectivity index (χ0n) is 10.7. The number of thioether (sulfide) groups is 1. The van der Waals surface area contributed by atoms with Crippen molar-refractivity contribution in [3.8, 4) is 0 Å². The third-order valence-corrected chi connectivity index (χ3v) is 3.69. The van der Waals surface area contributed by atoms with Crippen LogP contribution in [0.1, 0.15) is 38.8 Å². The maximum atomic E-state index is 4.47. The molecule has 1 N–H and O–H groups in total. The molecule has 0 fully saturated rings. The average Bonchev–Trinajstić information content (AvgIpc) is 2.28. The molecular formula is C13H22N2S. The van der Waals surface area contributed by atoms with Gasteiger partial charge in [0.2, 0.25) is 0 Å². The fourth-order valence-corrected chi connectivity index (χ4v) is 2.73. The first-order chi connectivity index (χ1) is 7.65. The Balaban J connectivity index is 2.64. The van der Waals surface area contributed by atoms with Gasteiger partial charge in [-0.2, -0.15) is 0 Å². The molecule has 1 aromatic heterocycles. The van der Waals surface area contributed by atoms with Crippen LogP contribution in [0.5, 0.6) is 0 Å². The Morgan fingerprint density at radius 2 is 2.12 bits per heavy atom. The predicted molar refractivity (Wildman–Crippen MR) is 71.9 cm³/mol. The van der Waals surface area contributed by atoms with Crippen LogP contribution in [0, 0.1) is 5.92 Å². The Kier molecular flexibility index (Phi) is 5.85. The zero-order valence-corrected chi connectivity index (χ0v) is 11.5. The minimum Gasteiger partial charge on any atom is -0.313 e. The van der Waals surface area contributed by atoms with E-state index in [0.717, 1.165) is 11.7 Å². The van der Waals surface area contributed by atoms with Crippen molar-refractivity contribution in [2.75, 3.05) is 12.8 Å². The van der Waals surface area contributed by atoms with Gasteiger partial charge in [0, 0.05) is 17.8 Å². The van der Waals surface area contributed by atoms with Gasteiger partial charge in [-0.15, -0.1) is 11.8 Å². The molecule has 0 aromatic carbocycles. The van der Waals surface area contributed by atoms with Gasteiger partial charge in [-0.25, -0.2) is 4.98 Å². The molecule has 0 saturated heterocycles. The normalized spacial score (nSPS) is 13.1. The maximum Gasteiger partial charge on any atom is 0.101 e. The molecule has 0 amide bonds. The topological polar surface area (TPSA) is 24.9 Å². The third-order valence-electron chi connectivity index (χ3n) is 2.63. The lowest BCUT2D eigenvalue weighted by Crippen LogP contribution is -2.13. The summed E-state index contributed by atoms with van der Waals surface area (Å²) in [6.07, 6.45) is 3.12. The van der Waals surface area contributed by atoms with E-state index < -0.39 is 0 Å². The summed E-state index contributed by atoms with van der Waals surface area (Å²) >= 11 is 1.87. The van der Waals surface area contributed by atoms with Crippen LogP contribution in [0.15, 0.2) is 23.4 Å². The molecule has 90 valence electrons. The summed E-state index contributed by atoms with van der Waals surface area (Å²) in [6.45, 7) is 6.69. The van der Waals surface area contributed by atoms with Gasteiger partial charge in [-0.05, 0) is 38.1 Å². The monoisotopic (exact) mass is 238 g/mol. The molecule has 0 spiro atoms. The van der Waals surface area contributed by atoms with Gasteiger partial charge in [0.1, 0.15) is 5.03 Å². The lowest BCUT2D eigenvalue weighted by atomic mass is 10.1. The number of pyridine rings is 1. The van der Waals surface area contributed by atoms with Crippen LogP contribution in [-0.2, 0) is 0 Å². The van der Waals surface area contributed by atoms with Crippen LogP contribution < -0.4 is 5.32 Å². The van der Waals surface area contributed by atoms with Crippen molar-refractivity contribution in [3.05, 3.63) is 23.9 Å². The Labute approximate surface area is 103 Å². The van der Waals surface area contributed by atoms with Crippen molar-refractivity contribution in [2.45, 2.75) is 38.3 Å². The molecule has 1 heterocycles. The lowest BCUT2D eigenvalue weighted by molar-refractivity contribution is 0.627. The van der Waals surface area contributed by atoms with E-state index in [0.29, 0.717) is 6.04 Å². The SMILES string of the molecule is CNC(C)c1cccnc1SCCC(C)C. The second-order valence-corrected chi connectivity index (χ2v) is 5.52. The molecule has 16 heavy (non-hydrogen) atoms. The number of rotatable bonds is 6. The fraction of sp³-hybridized carbons (Fsp3) is 0.615. The second-order valence-electron chi connectivity index (χ2n) is 4.44. The molecule has 2 nitrogen and oxygen atoms in total. The van der Waals surface area contributed by atoms with Gasteiger partial charge < -0.3 is 5.32 Å². The van der Waals surface area contributed by atoms with E-state index in [-0.39, 0.29) is 0 Å². The summed E-state index contributed by atoms with van der Waals surface area (Å²) in [6, 6.07) is 4.54. The molecule has 1 atom stereocenters. The molecule has 1 unspecified atom stereocenters. The molecule has 3 heteroatoms. The molecule has 0 aliphatic heterocycles. The van der Waals surface area contributed by atoms with Crippen LogP contribution in [0.4, 0.5) is 0 Å². The van der Waals surface area contributed by atoms with Crippen LogP contribution in [0.25, 0.3) is 0 Å². The van der Waals surface area contributed by atoms with Crippen molar-refractivity contribution in [1.29, 1.82) is 0 Å². The van der Waals surface area contributed by atoms with Crippen LogP contribution in [0.2, 0.25) is 0 Å². The van der Waals surface area contributed by atoms with Crippen molar-refractivity contribution in [2.24, 2.45) is 5.92 Å². The fourth-order valence-electron chi connectivity index (χ4n) is 1.40. The summed E-state index contributed by atoms with van der Waals surface area (Å²) in [5.74, 6) is 1.92. The number of nitrogens with zero attached hydrogens (tertiary/aromatic N) is 1.